The summed E-state index contributed by atoms with van der Waals surface area (Å²) in [5, 5.41) is 3.15. The fourth-order valence-electron chi connectivity index (χ4n) is 2.12. The van der Waals surface area contributed by atoms with E-state index in [1.807, 2.05) is 7.05 Å². The second-order valence-corrected chi connectivity index (χ2v) is 4.33. The van der Waals surface area contributed by atoms with E-state index in [2.05, 4.69) is 5.32 Å². The lowest BCUT2D eigenvalue weighted by molar-refractivity contribution is -0.0301. The summed E-state index contributed by atoms with van der Waals surface area (Å²) in [6, 6.07) is 0. The van der Waals surface area contributed by atoms with Crippen molar-refractivity contribution < 1.29 is 9.47 Å². The topological polar surface area (TPSA) is 30.5 Å². The Morgan fingerprint density at radius 1 is 1.20 bits per heavy atom. The predicted molar refractivity (Wildman–Crippen MR) is 62.2 cm³/mol. The molecule has 0 radical (unpaired) electrons. The van der Waals surface area contributed by atoms with Crippen molar-refractivity contribution in [1.29, 1.82) is 0 Å². The molecule has 0 heterocycles. The number of hydrogen-bond donors (Lipinski definition) is 1. The molecule has 90 valence electrons. The van der Waals surface area contributed by atoms with Gasteiger partial charge >= 0.3 is 0 Å². The minimum atomic E-state index is 0.432. The van der Waals surface area contributed by atoms with Crippen LogP contribution in [-0.4, -0.2) is 39.5 Å². The highest BCUT2D eigenvalue weighted by Crippen LogP contribution is 2.23. The molecule has 0 aromatic rings. The smallest absolute Gasteiger partial charge is 0.0599 e. The first kappa shape index (κ1) is 12.9. The standard InChI is InChI=1S/C12H25NO2/c1-13-8-3-4-9-15-12-7-5-6-11(10-12)14-2/h11-13H,3-10H2,1-2H3. The van der Waals surface area contributed by atoms with Crippen LogP contribution in [0, 0.1) is 0 Å². The van der Waals surface area contributed by atoms with Gasteiger partial charge in [-0.05, 0) is 52.1 Å². The number of hydrogen-bond acceptors (Lipinski definition) is 3. The molecule has 3 heteroatoms. The molecule has 0 bridgehead atoms. The molecule has 1 saturated carbocycles. The molecule has 1 aliphatic rings. The number of nitrogens with one attached hydrogen (secondary N) is 1. The largest absolute Gasteiger partial charge is 0.381 e. The minimum Gasteiger partial charge on any atom is -0.381 e. The summed E-state index contributed by atoms with van der Waals surface area (Å²) >= 11 is 0. The lowest BCUT2D eigenvalue weighted by atomic mass is 9.95. The first-order chi connectivity index (χ1) is 7.36. The molecule has 0 spiro atoms. The second-order valence-electron chi connectivity index (χ2n) is 4.33. The summed E-state index contributed by atoms with van der Waals surface area (Å²) in [5.41, 5.74) is 0. The van der Waals surface area contributed by atoms with Crippen LogP contribution in [-0.2, 0) is 9.47 Å². The second kappa shape index (κ2) is 8.08. The maximum atomic E-state index is 5.85. The third-order valence-corrected chi connectivity index (χ3v) is 3.09. The molecular formula is C12H25NO2. The van der Waals surface area contributed by atoms with E-state index >= 15 is 0 Å². The van der Waals surface area contributed by atoms with Crippen molar-refractivity contribution in [2.75, 3.05) is 27.3 Å². The zero-order chi connectivity index (χ0) is 10.9. The summed E-state index contributed by atoms with van der Waals surface area (Å²) < 4.78 is 11.2. The average Bonchev–Trinajstić information content (AvgIpc) is 2.29. The Kier molecular flexibility index (Phi) is 6.98. The molecular weight excluding hydrogens is 190 g/mol. The molecule has 1 aliphatic carbocycles. The Hall–Kier alpha value is -0.120. The van der Waals surface area contributed by atoms with Gasteiger partial charge in [0.1, 0.15) is 0 Å². The van der Waals surface area contributed by atoms with Crippen molar-refractivity contribution in [3.8, 4) is 0 Å². The van der Waals surface area contributed by atoms with E-state index in [-0.39, 0.29) is 0 Å². The lowest BCUT2D eigenvalue weighted by Crippen LogP contribution is -2.27. The maximum Gasteiger partial charge on any atom is 0.0599 e. The Labute approximate surface area is 93.5 Å². The number of unbranched alkanes of at least 4 members (excludes halogenated alkanes) is 1. The maximum absolute atomic E-state index is 5.85. The molecule has 3 nitrogen and oxygen atoms in total. The molecule has 1 N–H and O–H groups in total. The summed E-state index contributed by atoms with van der Waals surface area (Å²) in [6.45, 7) is 2.00. The van der Waals surface area contributed by atoms with E-state index in [0.717, 1.165) is 26.0 Å². The minimum absolute atomic E-state index is 0.432. The Morgan fingerprint density at radius 3 is 2.73 bits per heavy atom. The average molecular weight is 215 g/mol. The zero-order valence-electron chi connectivity index (χ0n) is 10.1. The molecule has 0 amide bonds. The van der Waals surface area contributed by atoms with E-state index in [9.17, 15) is 0 Å². The van der Waals surface area contributed by atoms with Gasteiger partial charge in [-0.15, -0.1) is 0 Å². The molecule has 1 fully saturated rings. The van der Waals surface area contributed by atoms with E-state index in [1.54, 1.807) is 7.11 Å². The number of methoxy groups -OCH3 is 1. The molecule has 0 aromatic carbocycles. The monoisotopic (exact) mass is 215 g/mol. The fourth-order valence-corrected chi connectivity index (χ4v) is 2.12. The van der Waals surface area contributed by atoms with Crippen LogP contribution in [0.25, 0.3) is 0 Å². The van der Waals surface area contributed by atoms with Gasteiger partial charge in [0, 0.05) is 13.7 Å². The summed E-state index contributed by atoms with van der Waals surface area (Å²) in [7, 11) is 3.80. The lowest BCUT2D eigenvalue weighted by Gasteiger charge is -2.28. The van der Waals surface area contributed by atoms with Crippen LogP contribution < -0.4 is 5.32 Å². The van der Waals surface area contributed by atoms with Crippen molar-refractivity contribution in [2.24, 2.45) is 0 Å². The van der Waals surface area contributed by atoms with Gasteiger partial charge in [0.05, 0.1) is 12.2 Å². The van der Waals surface area contributed by atoms with Crippen LogP contribution in [0.3, 0.4) is 0 Å². The molecule has 2 atom stereocenters. The van der Waals surface area contributed by atoms with Crippen molar-refractivity contribution in [3.05, 3.63) is 0 Å². The summed E-state index contributed by atoms with van der Waals surface area (Å²) in [6.07, 6.45) is 8.00. The van der Waals surface area contributed by atoms with Crippen LogP contribution in [0.5, 0.6) is 0 Å². The van der Waals surface area contributed by atoms with Gasteiger partial charge in [0.25, 0.3) is 0 Å². The van der Waals surface area contributed by atoms with E-state index < -0.39 is 0 Å². The third kappa shape index (κ3) is 5.50. The highest BCUT2D eigenvalue weighted by Gasteiger charge is 2.21. The van der Waals surface area contributed by atoms with Gasteiger partial charge in [-0.3, -0.25) is 0 Å². The Balaban J connectivity index is 2.00. The van der Waals surface area contributed by atoms with Crippen LogP contribution in [0.15, 0.2) is 0 Å². The van der Waals surface area contributed by atoms with Gasteiger partial charge in [-0.2, -0.15) is 0 Å². The molecule has 1 rings (SSSR count). The van der Waals surface area contributed by atoms with Gasteiger partial charge in [0.15, 0.2) is 0 Å². The number of rotatable bonds is 7. The van der Waals surface area contributed by atoms with Crippen LogP contribution in [0.1, 0.15) is 38.5 Å². The van der Waals surface area contributed by atoms with Crippen LogP contribution >= 0.6 is 0 Å². The van der Waals surface area contributed by atoms with Crippen molar-refractivity contribution in [1.82, 2.24) is 5.32 Å². The molecule has 2 unspecified atom stereocenters. The SMILES string of the molecule is CNCCCCOC1CCCC(OC)C1. The van der Waals surface area contributed by atoms with Gasteiger partial charge in [0.2, 0.25) is 0 Å². The highest BCUT2D eigenvalue weighted by atomic mass is 16.5. The first-order valence-corrected chi connectivity index (χ1v) is 6.15. The Bertz CT molecular complexity index is 153. The van der Waals surface area contributed by atoms with Crippen LogP contribution in [0.4, 0.5) is 0 Å². The van der Waals surface area contributed by atoms with Gasteiger partial charge in [-0.1, -0.05) is 0 Å². The zero-order valence-corrected chi connectivity index (χ0v) is 10.1. The van der Waals surface area contributed by atoms with E-state index in [1.165, 1.54) is 25.7 Å². The van der Waals surface area contributed by atoms with Gasteiger partial charge in [-0.25, -0.2) is 0 Å². The summed E-state index contributed by atoms with van der Waals surface area (Å²) in [4.78, 5) is 0. The third-order valence-electron chi connectivity index (χ3n) is 3.09. The highest BCUT2D eigenvalue weighted by molar-refractivity contribution is 4.73. The van der Waals surface area contributed by atoms with E-state index in [0.29, 0.717) is 12.2 Å². The predicted octanol–water partition coefficient (Wildman–Crippen LogP) is 1.96. The van der Waals surface area contributed by atoms with E-state index in [4.69, 9.17) is 9.47 Å². The van der Waals surface area contributed by atoms with Crippen molar-refractivity contribution in [3.63, 3.8) is 0 Å². The Morgan fingerprint density at radius 2 is 2.00 bits per heavy atom. The first-order valence-electron chi connectivity index (χ1n) is 6.15. The quantitative estimate of drug-likeness (QED) is 0.659. The number of ether oxygens (including phenoxy) is 2. The molecule has 15 heavy (non-hydrogen) atoms. The molecule has 0 saturated heterocycles. The normalized spacial score (nSPS) is 26.8. The molecule has 0 aromatic heterocycles. The fraction of sp³-hybridized carbons (Fsp3) is 1.00. The van der Waals surface area contributed by atoms with Crippen molar-refractivity contribution >= 4 is 0 Å². The molecule has 0 aliphatic heterocycles. The summed E-state index contributed by atoms with van der Waals surface area (Å²) in [5.74, 6) is 0. The van der Waals surface area contributed by atoms with Crippen LogP contribution in [0.2, 0.25) is 0 Å². The van der Waals surface area contributed by atoms with Crippen molar-refractivity contribution in [2.45, 2.75) is 50.7 Å². The van der Waals surface area contributed by atoms with Gasteiger partial charge < -0.3 is 14.8 Å².